The second-order valence-electron chi connectivity index (χ2n) is 1.14. The molecule has 0 aromatic rings. The highest BCUT2D eigenvalue weighted by molar-refractivity contribution is 5.70. The van der Waals surface area contributed by atoms with Crippen molar-refractivity contribution in [3.8, 4) is 0 Å². The van der Waals surface area contributed by atoms with E-state index in [1.165, 1.54) is 6.34 Å². The number of aliphatic imine (C=N–C) groups is 2. The molecule has 44 valence electrons. The van der Waals surface area contributed by atoms with Crippen LogP contribution in [0.4, 0.5) is 0 Å². The van der Waals surface area contributed by atoms with Gasteiger partial charge < -0.3 is 5.73 Å². The van der Waals surface area contributed by atoms with Crippen molar-refractivity contribution in [2.75, 3.05) is 0 Å². The van der Waals surface area contributed by atoms with Crippen molar-refractivity contribution in [1.29, 1.82) is 0 Å². The van der Waals surface area contributed by atoms with E-state index in [9.17, 15) is 0 Å². The van der Waals surface area contributed by atoms with Crippen LogP contribution in [0.25, 0.3) is 0 Å². The van der Waals surface area contributed by atoms with E-state index in [2.05, 4.69) is 16.6 Å². The number of rotatable bonds is 2. The molecule has 3 nitrogen and oxygen atoms in total. The zero-order valence-corrected chi connectivity index (χ0v) is 4.83. The maximum absolute atomic E-state index is 5.07. The first-order valence-corrected chi connectivity index (χ1v) is 2.22. The third-order valence-corrected chi connectivity index (χ3v) is 0.439. The van der Waals surface area contributed by atoms with Crippen LogP contribution >= 0.6 is 0 Å². The van der Waals surface area contributed by atoms with Crippen LogP contribution in [0.5, 0.6) is 0 Å². The van der Waals surface area contributed by atoms with E-state index in [0.29, 0.717) is 0 Å². The summed E-state index contributed by atoms with van der Waals surface area (Å²) in [5, 5.41) is 0. The van der Waals surface area contributed by atoms with Gasteiger partial charge in [-0.25, -0.2) is 9.98 Å². The topological polar surface area (TPSA) is 50.7 Å². The Morgan fingerprint density at radius 3 is 2.75 bits per heavy atom. The number of hydrogen-bond acceptors (Lipinski definition) is 2. The summed E-state index contributed by atoms with van der Waals surface area (Å²) in [4.78, 5) is 7.23. The van der Waals surface area contributed by atoms with Gasteiger partial charge in [0.25, 0.3) is 0 Å². The summed E-state index contributed by atoms with van der Waals surface area (Å²) in [5.41, 5.74) is 5.07. The van der Waals surface area contributed by atoms with Gasteiger partial charge in [0, 0.05) is 6.21 Å². The SMILES string of the molecule is C=C(N)N=CN=CC. The van der Waals surface area contributed by atoms with Gasteiger partial charge in [-0.15, -0.1) is 0 Å². The van der Waals surface area contributed by atoms with Crippen LogP contribution in [0.1, 0.15) is 6.92 Å². The second-order valence-corrected chi connectivity index (χ2v) is 1.14. The fourth-order valence-electron chi connectivity index (χ4n) is 0.174. The maximum Gasteiger partial charge on any atom is 0.117 e. The fraction of sp³-hybridized carbons (Fsp3) is 0.200. The van der Waals surface area contributed by atoms with Gasteiger partial charge in [-0.05, 0) is 6.92 Å². The summed E-state index contributed by atoms with van der Waals surface area (Å²) in [7, 11) is 0. The van der Waals surface area contributed by atoms with Gasteiger partial charge in [0.1, 0.15) is 12.2 Å². The first-order valence-electron chi connectivity index (χ1n) is 2.22. The molecule has 0 fully saturated rings. The molecule has 8 heavy (non-hydrogen) atoms. The van der Waals surface area contributed by atoms with Gasteiger partial charge in [-0.1, -0.05) is 6.58 Å². The molecule has 0 radical (unpaired) electrons. The number of nitrogens with zero attached hydrogens (tertiary/aromatic N) is 2. The number of hydrogen-bond donors (Lipinski definition) is 1. The summed E-state index contributed by atoms with van der Waals surface area (Å²) in [6, 6.07) is 0. The Hall–Kier alpha value is -1.12. The molecule has 0 aromatic carbocycles. The van der Waals surface area contributed by atoms with Crippen LogP contribution in [0.15, 0.2) is 22.4 Å². The van der Waals surface area contributed by atoms with Crippen molar-refractivity contribution in [1.82, 2.24) is 0 Å². The largest absolute Gasteiger partial charge is 0.384 e. The summed E-state index contributed by atoms with van der Waals surface area (Å²) >= 11 is 0. The molecule has 0 aliphatic heterocycles. The predicted octanol–water partition coefficient (Wildman–Crippen LogP) is 0.535. The van der Waals surface area contributed by atoms with Crippen molar-refractivity contribution < 1.29 is 0 Å². The summed E-state index contributed by atoms with van der Waals surface area (Å²) in [6.45, 7) is 5.13. The lowest BCUT2D eigenvalue weighted by molar-refractivity contribution is 1.27. The Kier molecular flexibility index (Phi) is 3.48. The minimum Gasteiger partial charge on any atom is -0.384 e. The molecular weight excluding hydrogens is 102 g/mol. The van der Waals surface area contributed by atoms with E-state index in [1.54, 1.807) is 13.1 Å². The van der Waals surface area contributed by atoms with Gasteiger partial charge in [-0.3, -0.25) is 0 Å². The standard InChI is InChI=1S/C5H9N3/c1-3-7-4-8-5(2)6/h3-4H,2,6H2,1H3. The highest BCUT2D eigenvalue weighted by atomic mass is 14.9. The van der Waals surface area contributed by atoms with Crippen molar-refractivity contribution in [3.05, 3.63) is 12.4 Å². The molecule has 0 atom stereocenters. The monoisotopic (exact) mass is 111 g/mol. The fourth-order valence-corrected chi connectivity index (χ4v) is 0.174. The van der Waals surface area contributed by atoms with Crippen molar-refractivity contribution in [2.24, 2.45) is 15.7 Å². The molecule has 0 saturated carbocycles. The summed E-state index contributed by atoms with van der Waals surface area (Å²) in [5.74, 6) is 0.274. The Balaban J connectivity index is 3.50. The van der Waals surface area contributed by atoms with Crippen molar-refractivity contribution in [3.63, 3.8) is 0 Å². The number of nitrogens with two attached hydrogens (primary N) is 1. The molecule has 0 aliphatic rings. The van der Waals surface area contributed by atoms with Crippen LogP contribution in [0.2, 0.25) is 0 Å². The van der Waals surface area contributed by atoms with Gasteiger partial charge in [-0.2, -0.15) is 0 Å². The zero-order chi connectivity index (χ0) is 6.41. The molecule has 0 aliphatic carbocycles. The molecule has 0 amide bonds. The van der Waals surface area contributed by atoms with Gasteiger partial charge in [0.15, 0.2) is 0 Å². The van der Waals surface area contributed by atoms with E-state index >= 15 is 0 Å². The molecule has 3 heteroatoms. The lowest BCUT2D eigenvalue weighted by atomic mass is 10.8. The average Bonchev–Trinajstić information content (AvgIpc) is 1.66. The smallest absolute Gasteiger partial charge is 0.117 e. The third-order valence-electron chi connectivity index (χ3n) is 0.439. The van der Waals surface area contributed by atoms with Crippen LogP contribution in [-0.2, 0) is 0 Å². The predicted molar refractivity (Wildman–Crippen MR) is 36.0 cm³/mol. The second kappa shape index (κ2) is 4.05. The third kappa shape index (κ3) is 4.88. The quantitative estimate of drug-likeness (QED) is 0.410. The zero-order valence-electron chi connectivity index (χ0n) is 4.83. The van der Waals surface area contributed by atoms with E-state index < -0.39 is 0 Å². The van der Waals surface area contributed by atoms with Gasteiger partial charge in [0.05, 0.1) is 0 Å². The highest BCUT2D eigenvalue weighted by Gasteiger charge is 1.67. The molecule has 0 aromatic heterocycles. The van der Waals surface area contributed by atoms with Gasteiger partial charge in [0.2, 0.25) is 0 Å². The Morgan fingerprint density at radius 2 is 2.38 bits per heavy atom. The van der Waals surface area contributed by atoms with Crippen molar-refractivity contribution >= 4 is 12.6 Å². The Morgan fingerprint density at radius 1 is 1.75 bits per heavy atom. The average molecular weight is 111 g/mol. The molecule has 0 rings (SSSR count). The molecule has 0 bridgehead atoms. The lowest BCUT2D eigenvalue weighted by Crippen LogP contribution is -1.88. The maximum atomic E-state index is 5.07. The molecule has 0 spiro atoms. The van der Waals surface area contributed by atoms with E-state index in [1.807, 2.05) is 0 Å². The molecular formula is C5H9N3. The normalized spacial score (nSPS) is 11.1. The van der Waals surface area contributed by atoms with Gasteiger partial charge >= 0.3 is 0 Å². The minimum atomic E-state index is 0.274. The molecule has 0 saturated heterocycles. The minimum absolute atomic E-state index is 0.274. The molecule has 2 N–H and O–H groups in total. The Bertz CT molecular complexity index is 124. The van der Waals surface area contributed by atoms with Crippen molar-refractivity contribution in [2.45, 2.75) is 6.92 Å². The Labute approximate surface area is 48.6 Å². The van der Waals surface area contributed by atoms with E-state index in [4.69, 9.17) is 5.73 Å². The van der Waals surface area contributed by atoms with E-state index in [0.717, 1.165) is 0 Å². The van der Waals surface area contributed by atoms with Crippen LogP contribution in [0, 0.1) is 0 Å². The molecule has 0 unspecified atom stereocenters. The lowest BCUT2D eigenvalue weighted by Gasteiger charge is -1.79. The molecule has 0 heterocycles. The van der Waals surface area contributed by atoms with E-state index in [-0.39, 0.29) is 5.82 Å². The van der Waals surface area contributed by atoms with Crippen LogP contribution in [0.3, 0.4) is 0 Å². The summed E-state index contributed by atoms with van der Waals surface area (Å²) in [6.07, 6.45) is 2.97. The first kappa shape index (κ1) is 6.88. The van der Waals surface area contributed by atoms with Crippen LogP contribution < -0.4 is 5.73 Å². The highest BCUT2D eigenvalue weighted by Crippen LogP contribution is 1.73. The summed E-state index contributed by atoms with van der Waals surface area (Å²) < 4.78 is 0. The van der Waals surface area contributed by atoms with Crippen LogP contribution in [-0.4, -0.2) is 12.6 Å². The first-order chi connectivity index (χ1) is 3.77.